The second kappa shape index (κ2) is 4.93. The summed E-state index contributed by atoms with van der Waals surface area (Å²) in [5.74, 6) is -0.451. The Hall–Kier alpha value is -2.41. The number of nitrogens with zero attached hydrogens (tertiary/aromatic N) is 1. The van der Waals surface area contributed by atoms with E-state index in [1.54, 1.807) is 30.5 Å². The first-order valence-corrected chi connectivity index (χ1v) is 6.47. The molecule has 3 aromatic rings. The topological polar surface area (TPSA) is 88.0 Å². The average molecular weight is 334 g/mol. The maximum Gasteiger partial charge on any atom is 0.417 e. The number of halogens is 1. The molecule has 6 nitrogen and oxygen atoms in total. The second-order valence-corrected chi connectivity index (χ2v) is 4.95. The highest BCUT2D eigenvalue weighted by molar-refractivity contribution is 9.10. The van der Waals surface area contributed by atoms with Crippen molar-refractivity contribution in [2.24, 2.45) is 0 Å². The number of aromatic amines is 1. The number of H-pyrrole nitrogens is 1. The summed E-state index contributed by atoms with van der Waals surface area (Å²) in [6, 6.07) is 8.16. The van der Waals surface area contributed by atoms with E-state index in [0.717, 1.165) is 4.47 Å². The van der Waals surface area contributed by atoms with Gasteiger partial charge in [-0.15, -0.1) is 0 Å². The molecule has 0 saturated carbocycles. The van der Waals surface area contributed by atoms with E-state index in [2.05, 4.69) is 31.2 Å². The van der Waals surface area contributed by atoms with Crippen LogP contribution in [0.5, 0.6) is 0 Å². The van der Waals surface area contributed by atoms with Gasteiger partial charge in [0, 0.05) is 16.2 Å². The smallest absolute Gasteiger partial charge is 0.408 e. The summed E-state index contributed by atoms with van der Waals surface area (Å²) >= 11 is 3.30. The first-order valence-electron chi connectivity index (χ1n) is 5.67. The zero-order valence-corrected chi connectivity index (χ0v) is 11.6. The largest absolute Gasteiger partial charge is 0.417 e. The SMILES string of the molecule is O=C(Nc1cc(Br)ccn1)c1ccc2[nH]c(=O)oc2c1. The zero-order chi connectivity index (χ0) is 14.1. The molecule has 100 valence electrons. The van der Waals surface area contributed by atoms with Crippen molar-refractivity contribution in [1.29, 1.82) is 0 Å². The molecule has 2 aromatic heterocycles. The number of oxazole rings is 1. The Balaban J connectivity index is 1.90. The van der Waals surface area contributed by atoms with Gasteiger partial charge >= 0.3 is 5.76 Å². The molecule has 0 bridgehead atoms. The number of carbonyl (C=O) groups is 1. The standard InChI is InChI=1S/C13H8BrN3O3/c14-8-3-4-15-11(6-8)17-12(18)7-1-2-9-10(5-7)20-13(19)16-9/h1-6H,(H,16,19)(H,15,17,18). The van der Waals surface area contributed by atoms with Gasteiger partial charge < -0.3 is 9.73 Å². The number of aromatic nitrogens is 2. The second-order valence-electron chi connectivity index (χ2n) is 4.04. The van der Waals surface area contributed by atoms with Gasteiger partial charge in [-0.1, -0.05) is 15.9 Å². The fourth-order valence-corrected chi connectivity index (χ4v) is 2.08. The minimum atomic E-state index is -0.550. The fourth-order valence-electron chi connectivity index (χ4n) is 1.75. The van der Waals surface area contributed by atoms with Crippen LogP contribution in [-0.4, -0.2) is 15.9 Å². The molecule has 3 rings (SSSR count). The van der Waals surface area contributed by atoms with Crippen LogP contribution in [0, 0.1) is 0 Å². The first-order chi connectivity index (χ1) is 9.61. The third-order valence-electron chi connectivity index (χ3n) is 2.65. The number of carbonyl (C=O) groups excluding carboxylic acids is 1. The molecule has 0 unspecified atom stereocenters. The number of hydrogen-bond donors (Lipinski definition) is 2. The van der Waals surface area contributed by atoms with Crippen LogP contribution >= 0.6 is 15.9 Å². The Morgan fingerprint density at radius 1 is 1.30 bits per heavy atom. The number of benzene rings is 1. The van der Waals surface area contributed by atoms with Gasteiger partial charge in [-0.25, -0.2) is 9.78 Å². The molecular weight excluding hydrogens is 326 g/mol. The van der Waals surface area contributed by atoms with Crippen molar-refractivity contribution < 1.29 is 9.21 Å². The molecule has 0 saturated heterocycles. The number of pyridine rings is 1. The molecule has 2 N–H and O–H groups in total. The molecule has 20 heavy (non-hydrogen) atoms. The highest BCUT2D eigenvalue weighted by atomic mass is 79.9. The van der Waals surface area contributed by atoms with Crippen LogP contribution in [0.15, 0.2) is 50.2 Å². The van der Waals surface area contributed by atoms with E-state index in [1.165, 1.54) is 6.07 Å². The number of anilines is 1. The lowest BCUT2D eigenvalue weighted by Crippen LogP contribution is -2.12. The summed E-state index contributed by atoms with van der Waals surface area (Å²) < 4.78 is 5.73. The van der Waals surface area contributed by atoms with E-state index in [0.29, 0.717) is 22.5 Å². The predicted molar refractivity (Wildman–Crippen MR) is 76.7 cm³/mol. The third-order valence-corrected chi connectivity index (χ3v) is 3.14. The Morgan fingerprint density at radius 3 is 2.95 bits per heavy atom. The number of rotatable bonds is 2. The number of amides is 1. The fraction of sp³-hybridized carbons (Fsp3) is 0. The van der Waals surface area contributed by atoms with E-state index >= 15 is 0 Å². The summed E-state index contributed by atoms with van der Waals surface area (Å²) in [5.41, 5.74) is 1.26. The Morgan fingerprint density at radius 2 is 2.15 bits per heavy atom. The van der Waals surface area contributed by atoms with E-state index in [9.17, 15) is 9.59 Å². The normalized spacial score (nSPS) is 10.7. The molecular formula is C13H8BrN3O3. The van der Waals surface area contributed by atoms with Crippen LogP contribution in [-0.2, 0) is 0 Å². The molecule has 1 amide bonds. The van der Waals surface area contributed by atoms with E-state index < -0.39 is 5.76 Å². The maximum absolute atomic E-state index is 12.1. The highest BCUT2D eigenvalue weighted by Gasteiger charge is 2.10. The molecule has 0 aliphatic heterocycles. The number of nitrogens with one attached hydrogen (secondary N) is 2. The van der Waals surface area contributed by atoms with E-state index in [-0.39, 0.29) is 5.91 Å². The number of hydrogen-bond acceptors (Lipinski definition) is 4. The summed E-state index contributed by atoms with van der Waals surface area (Å²) in [7, 11) is 0. The van der Waals surface area contributed by atoms with Crippen LogP contribution in [0.3, 0.4) is 0 Å². The van der Waals surface area contributed by atoms with Gasteiger partial charge in [-0.05, 0) is 30.3 Å². The van der Waals surface area contributed by atoms with E-state index in [4.69, 9.17) is 4.42 Å². The Kier molecular flexibility index (Phi) is 3.11. The summed E-state index contributed by atoms with van der Waals surface area (Å²) in [6.45, 7) is 0. The summed E-state index contributed by atoms with van der Waals surface area (Å²) in [5, 5.41) is 2.66. The van der Waals surface area contributed by atoms with Crippen molar-refractivity contribution in [3.63, 3.8) is 0 Å². The quantitative estimate of drug-likeness (QED) is 0.754. The van der Waals surface area contributed by atoms with Crippen molar-refractivity contribution in [3.05, 3.63) is 57.1 Å². The lowest BCUT2D eigenvalue weighted by molar-refractivity contribution is 0.102. The van der Waals surface area contributed by atoms with Gasteiger partial charge in [-0.2, -0.15) is 0 Å². The van der Waals surface area contributed by atoms with E-state index in [1.807, 2.05) is 0 Å². The minimum absolute atomic E-state index is 0.332. The van der Waals surface area contributed by atoms with Crippen molar-refractivity contribution in [1.82, 2.24) is 9.97 Å². The van der Waals surface area contributed by atoms with Gasteiger partial charge in [0.05, 0.1) is 5.52 Å². The number of fused-ring (bicyclic) bond motifs is 1. The van der Waals surface area contributed by atoms with Crippen molar-refractivity contribution in [2.45, 2.75) is 0 Å². The monoisotopic (exact) mass is 333 g/mol. The van der Waals surface area contributed by atoms with Gasteiger partial charge in [-0.3, -0.25) is 9.78 Å². The van der Waals surface area contributed by atoms with Crippen LogP contribution in [0.2, 0.25) is 0 Å². The molecule has 2 heterocycles. The summed E-state index contributed by atoms with van der Waals surface area (Å²) in [4.78, 5) is 29.7. The van der Waals surface area contributed by atoms with Gasteiger partial charge in [0.1, 0.15) is 5.82 Å². The molecule has 0 atom stereocenters. The Bertz CT molecular complexity index is 853. The Labute approximate surface area is 121 Å². The predicted octanol–water partition coefficient (Wildman–Crippen LogP) is 2.53. The molecule has 1 aromatic carbocycles. The highest BCUT2D eigenvalue weighted by Crippen LogP contribution is 2.16. The molecule has 0 fully saturated rings. The lowest BCUT2D eigenvalue weighted by Gasteiger charge is -2.04. The molecule has 0 spiro atoms. The van der Waals surface area contributed by atoms with Gasteiger partial charge in [0.25, 0.3) is 5.91 Å². The molecule has 0 aliphatic carbocycles. The molecule has 0 radical (unpaired) electrons. The van der Waals surface area contributed by atoms with Gasteiger partial charge in [0.15, 0.2) is 5.58 Å². The van der Waals surface area contributed by atoms with Crippen molar-refractivity contribution in [3.8, 4) is 0 Å². The first kappa shape index (κ1) is 12.6. The van der Waals surface area contributed by atoms with Crippen LogP contribution in [0.4, 0.5) is 5.82 Å². The average Bonchev–Trinajstić information content (AvgIpc) is 2.77. The lowest BCUT2D eigenvalue weighted by atomic mass is 10.2. The summed E-state index contributed by atoms with van der Waals surface area (Å²) in [6.07, 6.45) is 1.58. The van der Waals surface area contributed by atoms with Crippen molar-refractivity contribution >= 4 is 38.8 Å². The molecule has 0 aliphatic rings. The zero-order valence-electron chi connectivity index (χ0n) is 10.0. The van der Waals surface area contributed by atoms with Gasteiger partial charge in [0.2, 0.25) is 0 Å². The minimum Gasteiger partial charge on any atom is -0.408 e. The maximum atomic E-state index is 12.1. The van der Waals surface area contributed by atoms with Crippen LogP contribution in [0.1, 0.15) is 10.4 Å². The van der Waals surface area contributed by atoms with Crippen molar-refractivity contribution in [2.75, 3.05) is 5.32 Å². The van der Waals surface area contributed by atoms with Crippen LogP contribution < -0.4 is 11.1 Å². The molecule has 7 heteroatoms. The third kappa shape index (κ3) is 2.48. The van der Waals surface area contributed by atoms with Crippen LogP contribution in [0.25, 0.3) is 11.1 Å².